The maximum atomic E-state index is 12.8. The second-order valence-electron chi connectivity index (χ2n) is 6.36. The molecule has 1 saturated heterocycles. The number of amides is 2. The van der Waals surface area contributed by atoms with E-state index in [4.69, 9.17) is 15.3 Å². The largest absolute Gasteiger partial charge is 1.00 e. The second kappa shape index (κ2) is 11.6. The third-order valence-corrected chi connectivity index (χ3v) is 6.08. The van der Waals surface area contributed by atoms with Crippen LogP contribution < -0.4 is 45.7 Å². The van der Waals surface area contributed by atoms with Gasteiger partial charge in [0.05, 0.1) is 11.7 Å². The van der Waals surface area contributed by atoms with Crippen LogP contribution in [0.15, 0.2) is 29.1 Å². The number of nitrogens with zero attached hydrogens (tertiary/aromatic N) is 4. The Morgan fingerprint density at radius 1 is 1.45 bits per heavy atom. The van der Waals surface area contributed by atoms with Crippen molar-refractivity contribution < 1.29 is 63.4 Å². The Balaban J connectivity index is 0.00000385. The predicted molar refractivity (Wildman–Crippen MR) is 111 cm³/mol. The molecule has 0 aliphatic carbocycles. The molecule has 2 aliphatic rings. The number of nitrogen functional groups attached to an aromatic ring is 1. The van der Waals surface area contributed by atoms with Crippen LogP contribution in [0.2, 0.25) is 0 Å². The van der Waals surface area contributed by atoms with E-state index in [0.717, 1.165) is 16.4 Å². The molecule has 2 atom stereocenters. The molecule has 2 aliphatic heterocycles. The number of esters is 1. The number of thioether (sulfide) groups is 1. The number of nitrogens with two attached hydrogens (primary N) is 1. The van der Waals surface area contributed by atoms with Gasteiger partial charge >= 0.3 is 35.5 Å². The number of nitrogens with one attached hydrogen (secondary N) is 1. The molecule has 2 amide bonds. The van der Waals surface area contributed by atoms with Crippen LogP contribution in [0.1, 0.15) is 12.7 Å². The third-order valence-electron chi connectivity index (χ3n) is 4.19. The zero-order valence-corrected chi connectivity index (χ0v) is 21.2. The fourth-order valence-electron chi connectivity index (χ4n) is 2.85. The summed E-state index contributed by atoms with van der Waals surface area (Å²) < 4.78 is 8.78. The number of hydrogen-bond donors (Lipinski definition) is 2. The molecule has 0 spiro atoms. The number of carbonyl (C=O) groups is 4. The molecule has 0 bridgehead atoms. The molecule has 33 heavy (non-hydrogen) atoms. The van der Waals surface area contributed by atoms with Gasteiger partial charge in [-0.1, -0.05) is 17.8 Å². The maximum Gasteiger partial charge on any atom is 1.00 e. The fraction of sp³-hybridized carbons (Fsp3) is 0.353. The number of oxime groups is 1. The van der Waals surface area contributed by atoms with E-state index in [2.05, 4.69) is 26.4 Å². The molecule has 1 fully saturated rings. The smallest absolute Gasteiger partial charge is 0.543 e. The van der Waals surface area contributed by atoms with Gasteiger partial charge < -0.3 is 30.5 Å². The van der Waals surface area contributed by atoms with Gasteiger partial charge in [-0.3, -0.25) is 19.3 Å². The Morgan fingerprint density at radius 2 is 2.18 bits per heavy atom. The number of carboxylic acids is 1. The molecular formula is C17H17N6NaO7S2. The molecule has 0 saturated carbocycles. The summed E-state index contributed by atoms with van der Waals surface area (Å²) in [5.74, 6) is -3.59. The number of ether oxygens (including phenoxy) is 1. The summed E-state index contributed by atoms with van der Waals surface area (Å²) in [5, 5.41) is 17.2. The first-order valence-corrected chi connectivity index (χ1v) is 10.8. The van der Waals surface area contributed by atoms with Gasteiger partial charge in [-0.15, -0.1) is 11.8 Å². The van der Waals surface area contributed by atoms with Gasteiger partial charge in [-0.05, 0) is 0 Å². The van der Waals surface area contributed by atoms with Crippen molar-refractivity contribution in [3.05, 3.63) is 29.7 Å². The number of aromatic nitrogens is 2. The molecular weight excluding hydrogens is 487 g/mol. The van der Waals surface area contributed by atoms with Crippen LogP contribution in [0.25, 0.3) is 0 Å². The third kappa shape index (κ3) is 5.92. The normalized spacial score (nSPS) is 19.6. The minimum Gasteiger partial charge on any atom is -0.543 e. The minimum atomic E-state index is -1.59. The zero-order chi connectivity index (χ0) is 23.4. The van der Waals surface area contributed by atoms with Crippen molar-refractivity contribution in [3.63, 3.8) is 0 Å². The van der Waals surface area contributed by atoms with Crippen LogP contribution in [0.4, 0.5) is 5.13 Å². The van der Waals surface area contributed by atoms with Crippen molar-refractivity contribution >= 4 is 57.9 Å². The van der Waals surface area contributed by atoms with E-state index >= 15 is 0 Å². The van der Waals surface area contributed by atoms with Gasteiger partial charge in [0.2, 0.25) is 11.5 Å². The number of fused-ring (bicyclic) bond motifs is 1. The van der Waals surface area contributed by atoms with Gasteiger partial charge in [-0.25, -0.2) is 0 Å². The zero-order valence-electron chi connectivity index (χ0n) is 17.6. The van der Waals surface area contributed by atoms with Crippen molar-refractivity contribution in [3.8, 4) is 0 Å². The van der Waals surface area contributed by atoms with Crippen LogP contribution in [0, 0.1) is 0 Å². The number of rotatable bonds is 9. The van der Waals surface area contributed by atoms with E-state index in [1.54, 1.807) is 0 Å². The first-order valence-electron chi connectivity index (χ1n) is 8.97. The molecule has 1 aromatic heterocycles. The van der Waals surface area contributed by atoms with Crippen LogP contribution >= 0.6 is 23.3 Å². The van der Waals surface area contributed by atoms with Gasteiger partial charge in [-0.2, -0.15) is 9.36 Å². The average Bonchev–Trinajstić information content (AvgIpc) is 3.18. The minimum absolute atomic E-state index is 0. The SMILES string of the molecule is C=CCON=C(C(=O)NC1C(=O)N2C(C(=O)[O-])=C(COC(C)=O)CS[C@@H]12)c1nsc(N)n1.[Na+]. The molecule has 13 nitrogen and oxygen atoms in total. The van der Waals surface area contributed by atoms with E-state index in [-0.39, 0.29) is 76.5 Å². The Bertz CT molecular complexity index is 1040. The van der Waals surface area contributed by atoms with Gasteiger partial charge in [0.1, 0.15) is 24.6 Å². The summed E-state index contributed by atoms with van der Waals surface area (Å²) in [5.41, 5.74) is 5.10. The van der Waals surface area contributed by atoms with Crippen molar-refractivity contribution in [2.24, 2.45) is 5.16 Å². The monoisotopic (exact) mass is 504 g/mol. The van der Waals surface area contributed by atoms with Crippen molar-refractivity contribution in [1.82, 2.24) is 19.6 Å². The molecule has 0 radical (unpaired) electrons. The average molecular weight is 504 g/mol. The summed E-state index contributed by atoms with van der Waals surface area (Å²) in [4.78, 5) is 58.0. The van der Waals surface area contributed by atoms with Gasteiger partial charge in [0.25, 0.3) is 11.8 Å². The van der Waals surface area contributed by atoms with E-state index in [1.807, 2.05) is 0 Å². The van der Waals surface area contributed by atoms with Crippen LogP contribution in [-0.2, 0) is 28.8 Å². The molecule has 1 unspecified atom stereocenters. The Hall–Kier alpha value is -2.46. The van der Waals surface area contributed by atoms with Gasteiger partial charge in [0.15, 0.2) is 5.13 Å². The number of anilines is 1. The van der Waals surface area contributed by atoms with Gasteiger partial charge in [0, 0.05) is 29.8 Å². The van der Waals surface area contributed by atoms with Crippen LogP contribution in [0.5, 0.6) is 0 Å². The summed E-state index contributed by atoms with van der Waals surface area (Å²) in [6.07, 6.45) is 1.41. The topological polar surface area (TPSA) is 189 Å². The van der Waals surface area contributed by atoms with E-state index in [0.29, 0.717) is 0 Å². The number of β-lactam (4-membered cyclic amide) rings is 1. The molecule has 3 rings (SSSR count). The number of carboxylic acid groups (broad SMARTS) is 1. The second-order valence-corrected chi connectivity index (χ2v) is 8.25. The summed E-state index contributed by atoms with van der Waals surface area (Å²) >= 11 is 2.04. The molecule has 3 N–H and O–H groups in total. The van der Waals surface area contributed by atoms with Crippen LogP contribution in [-0.4, -0.2) is 74.1 Å². The first-order chi connectivity index (χ1) is 15.2. The number of carbonyl (C=O) groups excluding carboxylic acids is 4. The molecule has 170 valence electrons. The van der Waals surface area contributed by atoms with Crippen molar-refractivity contribution in [1.29, 1.82) is 0 Å². The molecule has 3 heterocycles. The van der Waals surface area contributed by atoms with Crippen molar-refractivity contribution in [2.45, 2.75) is 18.3 Å². The maximum absolute atomic E-state index is 12.8. The first kappa shape index (κ1) is 26.8. The standard InChI is InChI=1S/C17H18N6O7S2.Na/c1-3-4-30-21-9(12-20-17(18)32-22-12)13(25)19-10-14(26)23-11(16(27)28)8(5-29-7(2)24)6-31-15(10)23;/h3,10,15H,1,4-6H2,2H3,(H,19,25)(H,27,28)(H2,18,20,22);/q;+1/p-1/t10?,15-;/m0./s1. The summed E-state index contributed by atoms with van der Waals surface area (Å²) in [6.45, 7) is 4.38. The molecule has 16 heteroatoms. The Kier molecular flexibility index (Phi) is 9.42. The van der Waals surface area contributed by atoms with E-state index < -0.39 is 35.2 Å². The van der Waals surface area contributed by atoms with E-state index in [1.165, 1.54) is 24.8 Å². The fourth-order valence-corrected chi connectivity index (χ4v) is 4.61. The quantitative estimate of drug-likeness (QED) is 0.0623. The Labute approximate surface area is 217 Å². The summed E-state index contributed by atoms with van der Waals surface area (Å²) in [6, 6.07) is -1.04. The van der Waals surface area contributed by atoms with Crippen LogP contribution in [0.3, 0.4) is 0 Å². The Morgan fingerprint density at radius 3 is 2.76 bits per heavy atom. The number of aliphatic carboxylic acids is 1. The molecule has 0 aromatic carbocycles. The molecule has 1 aromatic rings. The van der Waals surface area contributed by atoms with Crippen molar-refractivity contribution in [2.75, 3.05) is 24.7 Å². The number of hydrogen-bond acceptors (Lipinski definition) is 13. The summed E-state index contributed by atoms with van der Waals surface area (Å²) in [7, 11) is 0. The predicted octanol–water partition coefficient (Wildman–Crippen LogP) is -5.00. The van der Waals surface area contributed by atoms with E-state index in [9.17, 15) is 24.3 Å².